The SMILES string of the molecule is COC(=O)CN(CC(=O)OC)C(=O)CCc1ccc(OCC(F)(F)F)c(OC)c1. The summed E-state index contributed by atoms with van der Waals surface area (Å²) in [6, 6.07) is 4.25. The first kappa shape index (κ1) is 24.1. The summed E-state index contributed by atoms with van der Waals surface area (Å²) in [6.07, 6.45) is -4.37. The van der Waals surface area contributed by atoms with Crippen LogP contribution >= 0.6 is 0 Å². The zero-order chi connectivity index (χ0) is 22.0. The van der Waals surface area contributed by atoms with Crippen LogP contribution in [-0.4, -0.2) is 69.9 Å². The van der Waals surface area contributed by atoms with Crippen LogP contribution in [-0.2, 0) is 30.3 Å². The van der Waals surface area contributed by atoms with Crippen molar-refractivity contribution in [2.24, 2.45) is 0 Å². The van der Waals surface area contributed by atoms with E-state index in [-0.39, 0.29) is 24.3 Å². The summed E-state index contributed by atoms with van der Waals surface area (Å²) in [4.78, 5) is 36.3. The highest BCUT2D eigenvalue weighted by Crippen LogP contribution is 2.30. The van der Waals surface area contributed by atoms with E-state index in [0.717, 1.165) is 19.1 Å². The Morgan fingerprint density at radius 1 is 0.966 bits per heavy atom. The number of carbonyl (C=O) groups excluding carboxylic acids is 3. The highest BCUT2D eigenvalue weighted by atomic mass is 19.4. The fourth-order valence-corrected chi connectivity index (χ4v) is 2.23. The molecule has 162 valence electrons. The Bertz CT molecular complexity index is 704. The van der Waals surface area contributed by atoms with Crippen molar-refractivity contribution in [2.75, 3.05) is 41.0 Å². The summed E-state index contributed by atoms with van der Waals surface area (Å²) >= 11 is 0. The molecule has 0 aromatic heterocycles. The quantitative estimate of drug-likeness (QED) is 0.532. The van der Waals surface area contributed by atoms with Crippen LogP contribution in [0.15, 0.2) is 18.2 Å². The number of esters is 2. The molecule has 0 atom stereocenters. The number of alkyl halides is 3. The van der Waals surface area contributed by atoms with E-state index in [2.05, 4.69) is 9.47 Å². The number of carbonyl (C=O) groups is 3. The maximum atomic E-state index is 12.4. The predicted molar refractivity (Wildman–Crippen MR) is 93.5 cm³/mol. The minimum atomic E-state index is -4.49. The first-order chi connectivity index (χ1) is 13.6. The number of benzene rings is 1. The van der Waals surface area contributed by atoms with Crippen molar-refractivity contribution < 1.29 is 46.5 Å². The summed E-state index contributed by atoms with van der Waals surface area (Å²) in [7, 11) is 3.58. The largest absolute Gasteiger partial charge is 0.493 e. The molecule has 0 heterocycles. The number of hydrogen-bond acceptors (Lipinski definition) is 7. The lowest BCUT2D eigenvalue weighted by molar-refractivity contribution is -0.153. The molecule has 8 nitrogen and oxygen atoms in total. The average Bonchev–Trinajstić information content (AvgIpc) is 2.69. The van der Waals surface area contributed by atoms with Crippen LogP contribution in [0.4, 0.5) is 13.2 Å². The fourth-order valence-electron chi connectivity index (χ4n) is 2.23. The van der Waals surface area contributed by atoms with Crippen molar-refractivity contribution in [2.45, 2.75) is 19.0 Å². The highest BCUT2D eigenvalue weighted by molar-refractivity contribution is 5.86. The minimum Gasteiger partial charge on any atom is -0.493 e. The molecule has 0 fully saturated rings. The molecular weight excluding hydrogens is 399 g/mol. The van der Waals surface area contributed by atoms with Crippen LogP contribution in [0.3, 0.4) is 0 Å². The van der Waals surface area contributed by atoms with Gasteiger partial charge in [0.05, 0.1) is 21.3 Å². The van der Waals surface area contributed by atoms with E-state index in [9.17, 15) is 27.6 Å². The molecule has 0 saturated carbocycles. The molecule has 0 aliphatic rings. The lowest BCUT2D eigenvalue weighted by Gasteiger charge is -2.20. The van der Waals surface area contributed by atoms with Gasteiger partial charge in [-0.1, -0.05) is 6.07 Å². The standard InChI is InChI=1S/C18H22F3NO7/c1-26-14-8-12(4-6-13(14)29-11-18(19,20)21)5-7-15(23)22(9-16(24)27-2)10-17(25)28-3/h4,6,8H,5,7,9-11H2,1-3H3. The highest BCUT2D eigenvalue weighted by Gasteiger charge is 2.29. The molecule has 0 radical (unpaired) electrons. The molecule has 0 spiro atoms. The normalized spacial score (nSPS) is 10.8. The van der Waals surface area contributed by atoms with Crippen molar-refractivity contribution in [1.29, 1.82) is 0 Å². The second-order valence-electron chi connectivity index (χ2n) is 5.79. The lowest BCUT2D eigenvalue weighted by atomic mass is 10.1. The smallest absolute Gasteiger partial charge is 0.422 e. The summed E-state index contributed by atoms with van der Waals surface area (Å²) in [5.41, 5.74) is 0.589. The van der Waals surface area contributed by atoms with E-state index in [1.165, 1.54) is 25.3 Å². The second kappa shape index (κ2) is 11.1. The van der Waals surface area contributed by atoms with Gasteiger partial charge < -0.3 is 23.8 Å². The van der Waals surface area contributed by atoms with Crippen LogP contribution in [0, 0.1) is 0 Å². The first-order valence-corrected chi connectivity index (χ1v) is 8.37. The van der Waals surface area contributed by atoms with Gasteiger partial charge in [0, 0.05) is 6.42 Å². The zero-order valence-corrected chi connectivity index (χ0v) is 16.2. The van der Waals surface area contributed by atoms with E-state index >= 15 is 0 Å². The number of ether oxygens (including phenoxy) is 4. The van der Waals surface area contributed by atoms with Crippen LogP contribution in [0.5, 0.6) is 11.5 Å². The molecule has 0 N–H and O–H groups in total. The molecule has 1 amide bonds. The topological polar surface area (TPSA) is 91.4 Å². The number of methoxy groups -OCH3 is 3. The maximum absolute atomic E-state index is 12.4. The third-order valence-electron chi connectivity index (χ3n) is 3.69. The Morgan fingerprint density at radius 2 is 1.55 bits per heavy atom. The average molecular weight is 421 g/mol. The van der Waals surface area contributed by atoms with Crippen molar-refractivity contribution in [1.82, 2.24) is 4.90 Å². The predicted octanol–water partition coefficient (Wildman–Crippen LogP) is 1.74. The molecule has 1 aromatic carbocycles. The Morgan fingerprint density at radius 3 is 2.03 bits per heavy atom. The summed E-state index contributed by atoms with van der Waals surface area (Å²) in [6.45, 7) is -2.30. The van der Waals surface area contributed by atoms with Crippen LogP contribution in [0.25, 0.3) is 0 Å². The Labute approximate surface area is 165 Å². The molecule has 0 saturated heterocycles. The Kier molecular flexibility index (Phi) is 9.23. The second-order valence-corrected chi connectivity index (χ2v) is 5.79. The molecule has 29 heavy (non-hydrogen) atoms. The molecule has 1 aromatic rings. The molecule has 0 unspecified atom stereocenters. The Balaban J connectivity index is 2.79. The summed E-state index contributed by atoms with van der Waals surface area (Å²) in [5, 5.41) is 0. The van der Waals surface area contributed by atoms with Crippen LogP contribution in [0.2, 0.25) is 0 Å². The molecule has 11 heteroatoms. The van der Waals surface area contributed by atoms with E-state index in [0.29, 0.717) is 5.56 Å². The number of hydrogen-bond donors (Lipinski definition) is 0. The van der Waals surface area contributed by atoms with Gasteiger partial charge in [-0.15, -0.1) is 0 Å². The van der Waals surface area contributed by atoms with Gasteiger partial charge in [0.15, 0.2) is 18.1 Å². The summed E-state index contributed by atoms with van der Waals surface area (Å²) in [5.74, 6) is -1.90. The molecular formula is C18H22F3NO7. The maximum Gasteiger partial charge on any atom is 0.422 e. The number of halogens is 3. The summed E-state index contributed by atoms with van der Waals surface area (Å²) < 4.78 is 55.6. The van der Waals surface area contributed by atoms with Gasteiger partial charge in [-0.25, -0.2) is 0 Å². The molecule has 0 aliphatic heterocycles. The monoisotopic (exact) mass is 421 g/mol. The molecule has 0 aliphatic carbocycles. The first-order valence-electron chi connectivity index (χ1n) is 8.37. The van der Waals surface area contributed by atoms with Gasteiger partial charge >= 0.3 is 18.1 Å². The van der Waals surface area contributed by atoms with E-state index < -0.39 is 43.7 Å². The number of rotatable bonds is 10. The number of amides is 1. The zero-order valence-electron chi connectivity index (χ0n) is 16.2. The van der Waals surface area contributed by atoms with Gasteiger partial charge in [0.1, 0.15) is 13.1 Å². The minimum absolute atomic E-state index is 0.0695. The van der Waals surface area contributed by atoms with Gasteiger partial charge in [-0.3, -0.25) is 14.4 Å². The number of aryl methyl sites for hydroxylation is 1. The van der Waals surface area contributed by atoms with Gasteiger partial charge in [0.25, 0.3) is 0 Å². The third kappa shape index (κ3) is 8.71. The van der Waals surface area contributed by atoms with Crippen molar-refractivity contribution >= 4 is 17.8 Å². The third-order valence-corrected chi connectivity index (χ3v) is 3.69. The lowest BCUT2D eigenvalue weighted by Crippen LogP contribution is -2.40. The van der Waals surface area contributed by atoms with Gasteiger partial charge in [-0.05, 0) is 24.1 Å². The Hall–Kier alpha value is -2.98. The molecule has 0 bridgehead atoms. The van der Waals surface area contributed by atoms with E-state index in [1.54, 1.807) is 0 Å². The number of nitrogens with zero attached hydrogens (tertiary/aromatic N) is 1. The van der Waals surface area contributed by atoms with Crippen molar-refractivity contribution in [3.63, 3.8) is 0 Å². The van der Waals surface area contributed by atoms with Crippen LogP contribution in [0.1, 0.15) is 12.0 Å². The van der Waals surface area contributed by atoms with Gasteiger partial charge in [0.2, 0.25) is 5.91 Å². The van der Waals surface area contributed by atoms with Gasteiger partial charge in [-0.2, -0.15) is 13.2 Å². The van der Waals surface area contributed by atoms with E-state index in [1.807, 2.05) is 0 Å². The molecule has 1 rings (SSSR count). The van der Waals surface area contributed by atoms with Crippen molar-refractivity contribution in [3.8, 4) is 11.5 Å². The van der Waals surface area contributed by atoms with E-state index in [4.69, 9.17) is 9.47 Å². The fraction of sp³-hybridized carbons (Fsp3) is 0.500. The van der Waals surface area contributed by atoms with Crippen molar-refractivity contribution in [3.05, 3.63) is 23.8 Å². The van der Waals surface area contributed by atoms with Crippen LogP contribution < -0.4 is 9.47 Å².